The first-order chi connectivity index (χ1) is 9.99. The molecule has 0 bridgehead atoms. The molecule has 0 heterocycles. The molecular formula is C16H18FN3O. The van der Waals surface area contributed by atoms with Crippen LogP contribution in [-0.4, -0.2) is 19.0 Å². The summed E-state index contributed by atoms with van der Waals surface area (Å²) in [6.07, 6.45) is 0. The van der Waals surface area contributed by atoms with E-state index >= 15 is 0 Å². The summed E-state index contributed by atoms with van der Waals surface area (Å²) in [7, 11) is 1.85. The van der Waals surface area contributed by atoms with Gasteiger partial charge in [-0.1, -0.05) is 18.2 Å². The normalized spacial score (nSPS) is 11.8. The third-order valence-electron chi connectivity index (χ3n) is 3.39. The monoisotopic (exact) mass is 287 g/mol. The van der Waals surface area contributed by atoms with Crippen molar-refractivity contribution in [3.05, 3.63) is 54.3 Å². The maximum atomic E-state index is 13.1. The summed E-state index contributed by atoms with van der Waals surface area (Å²) >= 11 is 0. The largest absolute Gasteiger partial charge is 0.396 e. The number of carbonyl (C=O) groups excluding carboxylic acids is 1. The van der Waals surface area contributed by atoms with Gasteiger partial charge in [0.25, 0.3) is 0 Å². The van der Waals surface area contributed by atoms with E-state index in [1.165, 1.54) is 18.2 Å². The molecule has 1 amide bonds. The van der Waals surface area contributed by atoms with E-state index in [4.69, 9.17) is 5.73 Å². The summed E-state index contributed by atoms with van der Waals surface area (Å²) in [6.45, 7) is 1.80. The fraction of sp³-hybridized carbons (Fsp3) is 0.188. The van der Waals surface area contributed by atoms with Crippen molar-refractivity contribution in [1.29, 1.82) is 0 Å². The minimum Gasteiger partial charge on any atom is -0.396 e. The van der Waals surface area contributed by atoms with Crippen LogP contribution < -0.4 is 16.0 Å². The molecule has 4 nitrogen and oxygen atoms in total. The van der Waals surface area contributed by atoms with Gasteiger partial charge in [-0.2, -0.15) is 0 Å². The van der Waals surface area contributed by atoms with Crippen molar-refractivity contribution in [2.24, 2.45) is 0 Å². The quantitative estimate of drug-likeness (QED) is 0.850. The predicted octanol–water partition coefficient (Wildman–Crippen LogP) is 2.87. The Morgan fingerprint density at radius 1 is 1.24 bits per heavy atom. The van der Waals surface area contributed by atoms with E-state index in [9.17, 15) is 9.18 Å². The maximum Gasteiger partial charge on any atom is 0.246 e. The van der Waals surface area contributed by atoms with Gasteiger partial charge < -0.3 is 16.0 Å². The number of carbonyl (C=O) groups is 1. The van der Waals surface area contributed by atoms with E-state index in [0.29, 0.717) is 5.69 Å². The standard InChI is InChI=1S/C16H18FN3O/c1-11(20(2)13-6-4-3-5-7-13)16(21)19-12-8-9-14(17)15(18)10-12/h3-11H,18H2,1-2H3,(H,19,21). The summed E-state index contributed by atoms with van der Waals surface area (Å²) in [5.74, 6) is -0.685. The topological polar surface area (TPSA) is 58.4 Å². The molecule has 2 aromatic rings. The SMILES string of the molecule is CC(C(=O)Nc1ccc(F)c(N)c1)N(C)c1ccccc1. The molecule has 0 radical (unpaired) electrons. The summed E-state index contributed by atoms with van der Waals surface area (Å²) in [5.41, 5.74) is 6.92. The highest BCUT2D eigenvalue weighted by molar-refractivity contribution is 5.96. The molecule has 2 rings (SSSR count). The third-order valence-corrected chi connectivity index (χ3v) is 3.39. The number of hydrogen-bond acceptors (Lipinski definition) is 3. The van der Waals surface area contributed by atoms with Crippen LogP contribution in [0.4, 0.5) is 21.5 Å². The molecule has 0 saturated heterocycles. The zero-order chi connectivity index (χ0) is 15.4. The summed E-state index contributed by atoms with van der Waals surface area (Å²) < 4.78 is 13.1. The first-order valence-electron chi connectivity index (χ1n) is 6.63. The molecule has 1 unspecified atom stereocenters. The van der Waals surface area contributed by atoms with Crippen LogP contribution in [-0.2, 0) is 4.79 Å². The van der Waals surface area contributed by atoms with Crippen molar-refractivity contribution in [1.82, 2.24) is 0 Å². The average molecular weight is 287 g/mol. The number of nitrogens with zero attached hydrogens (tertiary/aromatic N) is 1. The fourth-order valence-corrected chi connectivity index (χ4v) is 1.93. The van der Waals surface area contributed by atoms with Crippen LogP contribution in [0.1, 0.15) is 6.92 Å². The molecule has 0 saturated carbocycles. The first kappa shape index (κ1) is 14.8. The van der Waals surface area contributed by atoms with Gasteiger partial charge in [-0.25, -0.2) is 4.39 Å². The number of hydrogen-bond donors (Lipinski definition) is 2. The van der Waals surface area contributed by atoms with Crippen LogP contribution in [0.15, 0.2) is 48.5 Å². The average Bonchev–Trinajstić information content (AvgIpc) is 2.50. The van der Waals surface area contributed by atoms with E-state index in [0.717, 1.165) is 5.69 Å². The zero-order valence-corrected chi connectivity index (χ0v) is 12.0. The maximum absolute atomic E-state index is 13.1. The molecule has 2 aromatic carbocycles. The highest BCUT2D eigenvalue weighted by Crippen LogP contribution is 2.18. The molecule has 3 N–H and O–H groups in total. The number of rotatable bonds is 4. The lowest BCUT2D eigenvalue weighted by Crippen LogP contribution is -2.39. The molecule has 110 valence electrons. The van der Waals surface area contributed by atoms with E-state index in [1.807, 2.05) is 42.3 Å². The van der Waals surface area contributed by atoms with Gasteiger partial charge in [0.05, 0.1) is 5.69 Å². The Morgan fingerprint density at radius 2 is 1.90 bits per heavy atom. The van der Waals surface area contributed by atoms with E-state index in [1.54, 1.807) is 6.92 Å². The van der Waals surface area contributed by atoms with Crippen molar-refractivity contribution < 1.29 is 9.18 Å². The van der Waals surface area contributed by atoms with Gasteiger partial charge in [0.2, 0.25) is 5.91 Å². The summed E-state index contributed by atoms with van der Waals surface area (Å²) in [6, 6.07) is 13.4. The lowest BCUT2D eigenvalue weighted by Gasteiger charge is -2.26. The van der Waals surface area contributed by atoms with E-state index in [2.05, 4.69) is 5.32 Å². The van der Waals surface area contributed by atoms with Gasteiger partial charge in [-0.3, -0.25) is 4.79 Å². The highest BCUT2D eigenvalue weighted by Gasteiger charge is 2.18. The third kappa shape index (κ3) is 3.51. The number of likely N-dealkylation sites (N-methyl/N-ethyl adjacent to an activating group) is 1. The molecule has 5 heteroatoms. The lowest BCUT2D eigenvalue weighted by atomic mass is 10.2. The Balaban J connectivity index is 2.07. The van der Waals surface area contributed by atoms with Crippen molar-refractivity contribution >= 4 is 23.0 Å². The molecule has 0 spiro atoms. The first-order valence-corrected chi connectivity index (χ1v) is 6.63. The molecule has 0 aliphatic carbocycles. The predicted molar refractivity (Wildman–Crippen MR) is 83.7 cm³/mol. The Morgan fingerprint density at radius 3 is 2.52 bits per heavy atom. The van der Waals surface area contributed by atoms with Crippen LogP contribution in [0, 0.1) is 5.82 Å². The van der Waals surface area contributed by atoms with Gasteiger partial charge in [-0.15, -0.1) is 0 Å². The van der Waals surface area contributed by atoms with Gasteiger partial charge in [0, 0.05) is 18.4 Å². The van der Waals surface area contributed by atoms with Crippen LogP contribution >= 0.6 is 0 Å². The summed E-state index contributed by atoms with van der Waals surface area (Å²) in [5, 5.41) is 2.73. The highest BCUT2D eigenvalue weighted by atomic mass is 19.1. The molecule has 0 aromatic heterocycles. The van der Waals surface area contributed by atoms with Crippen LogP contribution in [0.5, 0.6) is 0 Å². The van der Waals surface area contributed by atoms with E-state index in [-0.39, 0.29) is 17.6 Å². The number of nitrogen functional groups attached to an aromatic ring is 1. The molecular weight excluding hydrogens is 269 g/mol. The van der Waals surface area contributed by atoms with Crippen molar-refractivity contribution in [2.75, 3.05) is 23.0 Å². The van der Waals surface area contributed by atoms with Crippen LogP contribution in [0.3, 0.4) is 0 Å². The molecule has 1 atom stereocenters. The number of nitrogens with two attached hydrogens (primary N) is 1. The number of anilines is 3. The lowest BCUT2D eigenvalue weighted by molar-refractivity contribution is -0.117. The van der Waals surface area contributed by atoms with E-state index < -0.39 is 5.82 Å². The zero-order valence-electron chi connectivity index (χ0n) is 12.0. The van der Waals surface area contributed by atoms with Gasteiger partial charge in [0.15, 0.2) is 0 Å². The van der Waals surface area contributed by atoms with Crippen molar-refractivity contribution in [3.8, 4) is 0 Å². The number of halogens is 1. The summed E-state index contributed by atoms with van der Waals surface area (Å²) in [4.78, 5) is 14.1. The van der Waals surface area contributed by atoms with Gasteiger partial charge >= 0.3 is 0 Å². The van der Waals surface area contributed by atoms with Gasteiger partial charge in [-0.05, 0) is 37.3 Å². The Labute approximate surface area is 123 Å². The number of nitrogens with one attached hydrogen (secondary N) is 1. The second kappa shape index (κ2) is 6.26. The second-order valence-electron chi connectivity index (χ2n) is 4.85. The van der Waals surface area contributed by atoms with Crippen LogP contribution in [0.25, 0.3) is 0 Å². The molecule has 0 fully saturated rings. The molecule has 0 aliphatic heterocycles. The number of benzene rings is 2. The van der Waals surface area contributed by atoms with Crippen molar-refractivity contribution in [2.45, 2.75) is 13.0 Å². The Bertz CT molecular complexity index is 631. The number of para-hydroxylation sites is 1. The Hall–Kier alpha value is -2.56. The second-order valence-corrected chi connectivity index (χ2v) is 4.85. The fourth-order valence-electron chi connectivity index (χ4n) is 1.93. The number of amides is 1. The Kier molecular flexibility index (Phi) is 4.42. The molecule has 21 heavy (non-hydrogen) atoms. The minimum atomic E-state index is -0.498. The van der Waals surface area contributed by atoms with Gasteiger partial charge in [0.1, 0.15) is 11.9 Å². The minimum absolute atomic E-state index is 0.0110. The molecule has 0 aliphatic rings. The van der Waals surface area contributed by atoms with Crippen molar-refractivity contribution in [3.63, 3.8) is 0 Å². The van der Waals surface area contributed by atoms with Crippen LogP contribution in [0.2, 0.25) is 0 Å². The smallest absolute Gasteiger partial charge is 0.246 e.